The molecule has 0 bridgehead atoms. The Balaban J connectivity index is 2.27. The predicted octanol–water partition coefficient (Wildman–Crippen LogP) is -0.387. The fourth-order valence-corrected chi connectivity index (χ4v) is 2.06. The van der Waals surface area contributed by atoms with E-state index in [1.54, 1.807) is 14.2 Å². The number of aromatic nitrogens is 3. The van der Waals surface area contributed by atoms with E-state index in [1.807, 2.05) is 6.92 Å². The molecule has 18 heavy (non-hydrogen) atoms. The number of nitrogens with one attached hydrogen (secondary N) is 1. The van der Waals surface area contributed by atoms with Gasteiger partial charge in [-0.05, 0) is 6.92 Å². The van der Waals surface area contributed by atoms with Crippen LogP contribution in [0.4, 0.5) is 0 Å². The van der Waals surface area contributed by atoms with E-state index in [-0.39, 0.29) is 18.4 Å². The van der Waals surface area contributed by atoms with Crippen LogP contribution in [0.5, 0.6) is 0 Å². The van der Waals surface area contributed by atoms with Gasteiger partial charge in [0, 0.05) is 19.9 Å². The molecule has 0 saturated carbocycles. The Morgan fingerprint density at radius 3 is 2.83 bits per heavy atom. The van der Waals surface area contributed by atoms with Crippen molar-refractivity contribution in [3.8, 4) is 0 Å². The minimum Gasteiger partial charge on any atom is -0.390 e. The van der Waals surface area contributed by atoms with Crippen LogP contribution in [-0.2, 0) is 16.5 Å². The molecule has 0 radical (unpaired) electrons. The van der Waals surface area contributed by atoms with Crippen LogP contribution in [0.25, 0.3) is 0 Å². The summed E-state index contributed by atoms with van der Waals surface area (Å²) in [6.07, 6.45) is -0.662. The van der Waals surface area contributed by atoms with Crippen molar-refractivity contribution >= 4 is 11.8 Å². The summed E-state index contributed by atoms with van der Waals surface area (Å²) >= 11 is 1.30. The van der Waals surface area contributed by atoms with Crippen LogP contribution in [0.15, 0.2) is 9.95 Å². The van der Waals surface area contributed by atoms with E-state index in [2.05, 4.69) is 10.2 Å². The van der Waals surface area contributed by atoms with Crippen molar-refractivity contribution in [3.05, 3.63) is 10.5 Å². The van der Waals surface area contributed by atoms with Gasteiger partial charge in [0.1, 0.15) is 0 Å². The summed E-state index contributed by atoms with van der Waals surface area (Å²) < 4.78 is 11.7. The van der Waals surface area contributed by atoms with Crippen LogP contribution >= 0.6 is 11.8 Å². The molecule has 7 nitrogen and oxygen atoms in total. The fraction of sp³-hybridized carbons (Fsp3) is 0.800. The lowest BCUT2D eigenvalue weighted by Crippen LogP contribution is -2.24. The monoisotopic (exact) mass is 277 g/mol. The molecule has 0 aromatic carbocycles. The van der Waals surface area contributed by atoms with Crippen molar-refractivity contribution in [3.63, 3.8) is 0 Å². The summed E-state index contributed by atoms with van der Waals surface area (Å²) in [5.41, 5.74) is -0.267. The Kier molecular flexibility index (Phi) is 6.41. The van der Waals surface area contributed by atoms with Gasteiger partial charge in [0.15, 0.2) is 5.16 Å². The number of thioether (sulfide) groups is 1. The number of hydrogen-bond acceptors (Lipinski definition) is 6. The number of aromatic amines is 1. The van der Waals surface area contributed by atoms with E-state index >= 15 is 0 Å². The average molecular weight is 277 g/mol. The molecule has 104 valence electrons. The third kappa shape index (κ3) is 4.81. The summed E-state index contributed by atoms with van der Waals surface area (Å²) in [5.74, 6) is 0.415. The molecule has 1 aromatic heterocycles. The Hall–Kier alpha value is -0.830. The molecule has 0 aliphatic carbocycles. The Labute approximate surface area is 109 Å². The number of ether oxygens (including phenoxy) is 2. The second kappa shape index (κ2) is 7.57. The lowest BCUT2D eigenvalue weighted by Gasteiger charge is -2.15. The zero-order valence-corrected chi connectivity index (χ0v) is 11.6. The third-order valence-corrected chi connectivity index (χ3v) is 3.39. The molecule has 1 rings (SSSR count). The maximum Gasteiger partial charge on any atom is 0.343 e. The van der Waals surface area contributed by atoms with E-state index in [1.165, 1.54) is 16.3 Å². The largest absolute Gasteiger partial charge is 0.390 e. The number of H-pyrrole nitrogens is 1. The molecule has 8 heteroatoms. The van der Waals surface area contributed by atoms with Gasteiger partial charge >= 0.3 is 5.69 Å². The van der Waals surface area contributed by atoms with Crippen molar-refractivity contribution in [1.82, 2.24) is 14.8 Å². The van der Waals surface area contributed by atoms with E-state index in [0.717, 1.165) is 0 Å². The molecule has 0 fully saturated rings. The molecule has 2 N–H and O–H groups in total. The highest BCUT2D eigenvalue weighted by atomic mass is 32.2. The second-order valence-electron chi connectivity index (χ2n) is 3.93. The summed E-state index contributed by atoms with van der Waals surface area (Å²) in [6.45, 7) is 2.60. The SMILES string of the molecule is COCC(C)OCC(O)CSc1n[nH]c(=O)n1C. The standard InChI is InChI=1S/C10H19N3O4S/c1-7(4-16-3)17-5-8(14)6-18-10-12-11-9(15)13(10)2/h7-8,14H,4-6H2,1-3H3,(H,11,15). The van der Waals surface area contributed by atoms with Gasteiger partial charge in [0.2, 0.25) is 0 Å². The van der Waals surface area contributed by atoms with Crippen molar-refractivity contribution in [2.75, 3.05) is 26.1 Å². The first-order chi connectivity index (χ1) is 8.54. The van der Waals surface area contributed by atoms with Crippen LogP contribution in [0.3, 0.4) is 0 Å². The second-order valence-corrected chi connectivity index (χ2v) is 4.92. The maximum atomic E-state index is 11.1. The summed E-state index contributed by atoms with van der Waals surface area (Å²) in [4.78, 5) is 11.1. The first-order valence-electron chi connectivity index (χ1n) is 5.57. The van der Waals surface area contributed by atoms with Gasteiger partial charge in [-0.25, -0.2) is 9.89 Å². The fourth-order valence-electron chi connectivity index (χ4n) is 1.24. The smallest absolute Gasteiger partial charge is 0.343 e. The van der Waals surface area contributed by atoms with E-state index in [9.17, 15) is 9.90 Å². The highest BCUT2D eigenvalue weighted by Gasteiger charge is 2.11. The Morgan fingerprint density at radius 1 is 1.56 bits per heavy atom. The van der Waals surface area contributed by atoms with Gasteiger partial charge in [-0.1, -0.05) is 11.8 Å². The van der Waals surface area contributed by atoms with Gasteiger partial charge in [-0.2, -0.15) is 0 Å². The van der Waals surface area contributed by atoms with Crippen molar-refractivity contribution in [2.24, 2.45) is 7.05 Å². The highest BCUT2D eigenvalue weighted by molar-refractivity contribution is 7.99. The van der Waals surface area contributed by atoms with Gasteiger partial charge in [-0.3, -0.25) is 4.57 Å². The topological polar surface area (TPSA) is 89.4 Å². The lowest BCUT2D eigenvalue weighted by atomic mass is 10.4. The zero-order valence-electron chi connectivity index (χ0n) is 10.8. The van der Waals surface area contributed by atoms with Crippen LogP contribution in [0.1, 0.15) is 6.92 Å². The minimum atomic E-state index is -0.610. The third-order valence-electron chi connectivity index (χ3n) is 2.22. The van der Waals surface area contributed by atoms with Crippen molar-refractivity contribution in [2.45, 2.75) is 24.3 Å². The zero-order chi connectivity index (χ0) is 13.5. The van der Waals surface area contributed by atoms with E-state index < -0.39 is 6.10 Å². The summed E-state index contributed by atoms with van der Waals surface area (Å²) in [5, 5.41) is 16.4. The lowest BCUT2D eigenvalue weighted by molar-refractivity contribution is -0.0257. The number of aliphatic hydroxyl groups excluding tert-OH is 1. The normalized spacial score (nSPS) is 14.7. The van der Waals surface area contributed by atoms with Crippen LogP contribution < -0.4 is 5.69 Å². The van der Waals surface area contributed by atoms with Crippen molar-refractivity contribution < 1.29 is 14.6 Å². The molecular weight excluding hydrogens is 258 g/mol. The molecule has 0 aliphatic rings. The Morgan fingerprint density at radius 2 is 2.28 bits per heavy atom. The molecule has 0 amide bonds. The maximum absolute atomic E-state index is 11.1. The number of hydrogen-bond donors (Lipinski definition) is 2. The molecule has 0 saturated heterocycles. The molecule has 2 atom stereocenters. The first-order valence-corrected chi connectivity index (χ1v) is 6.56. The Bertz CT molecular complexity index is 406. The van der Waals surface area contributed by atoms with Gasteiger partial charge in [0.05, 0.1) is 25.4 Å². The molecular formula is C10H19N3O4S. The number of nitrogens with zero attached hydrogens (tertiary/aromatic N) is 2. The summed E-state index contributed by atoms with van der Waals surface area (Å²) in [7, 11) is 3.22. The molecule has 1 heterocycles. The van der Waals surface area contributed by atoms with Crippen molar-refractivity contribution in [1.29, 1.82) is 0 Å². The van der Waals surface area contributed by atoms with E-state index in [4.69, 9.17) is 9.47 Å². The molecule has 0 spiro atoms. The van der Waals surface area contributed by atoms with Gasteiger partial charge in [-0.15, -0.1) is 5.10 Å². The number of methoxy groups -OCH3 is 1. The van der Waals surface area contributed by atoms with Crippen LogP contribution in [0, 0.1) is 0 Å². The van der Waals surface area contributed by atoms with Gasteiger partial charge in [0.25, 0.3) is 0 Å². The average Bonchev–Trinajstić information content (AvgIpc) is 2.65. The molecule has 0 aliphatic heterocycles. The quantitative estimate of drug-likeness (QED) is 0.629. The number of aliphatic hydroxyl groups is 1. The van der Waals surface area contributed by atoms with Crippen LogP contribution in [-0.4, -0.2) is 58.2 Å². The number of rotatable bonds is 8. The van der Waals surface area contributed by atoms with E-state index in [0.29, 0.717) is 17.5 Å². The highest BCUT2D eigenvalue weighted by Crippen LogP contribution is 2.13. The minimum absolute atomic E-state index is 0.0515. The van der Waals surface area contributed by atoms with Crippen LogP contribution in [0.2, 0.25) is 0 Å². The predicted molar refractivity (Wildman–Crippen MR) is 67.8 cm³/mol. The molecule has 1 aromatic rings. The summed E-state index contributed by atoms with van der Waals surface area (Å²) in [6, 6.07) is 0. The first kappa shape index (κ1) is 15.2. The van der Waals surface area contributed by atoms with Gasteiger partial charge < -0.3 is 14.6 Å². The molecule has 2 unspecified atom stereocenters.